The van der Waals surface area contributed by atoms with Crippen molar-refractivity contribution in [1.29, 1.82) is 5.26 Å². The number of benzene rings is 1. The van der Waals surface area contributed by atoms with E-state index < -0.39 is 0 Å². The van der Waals surface area contributed by atoms with Gasteiger partial charge in [0, 0.05) is 12.6 Å². The van der Waals surface area contributed by atoms with Crippen LogP contribution in [0.4, 0.5) is 4.39 Å². The van der Waals surface area contributed by atoms with Gasteiger partial charge in [-0.15, -0.1) is 0 Å². The maximum atomic E-state index is 13.1. The first-order chi connectivity index (χ1) is 8.13. The van der Waals surface area contributed by atoms with Crippen LogP contribution in [0.3, 0.4) is 0 Å². The van der Waals surface area contributed by atoms with Crippen molar-refractivity contribution in [3.8, 4) is 17.5 Å². The highest BCUT2D eigenvalue weighted by Gasteiger charge is 2.13. The highest BCUT2D eigenvalue weighted by molar-refractivity contribution is 9.10. The SMILES string of the molecule is Cn1c(-c2cccc(F)c2)nc(CC#N)c1Br. The van der Waals surface area contributed by atoms with Crippen LogP contribution in [0.25, 0.3) is 11.4 Å². The Bertz CT molecular complexity index is 598. The van der Waals surface area contributed by atoms with Crippen LogP contribution in [0.15, 0.2) is 28.9 Å². The third-order valence-corrected chi connectivity index (χ3v) is 3.41. The van der Waals surface area contributed by atoms with Crippen LogP contribution in [0.1, 0.15) is 5.69 Å². The zero-order valence-corrected chi connectivity index (χ0v) is 10.7. The largest absolute Gasteiger partial charge is 0.322 e. The lowest BCUT2D eigenvalue weighted by molar-refractivity contribution is 0.628. The molecule has 0 unspecified atom stereocenters. The summed E-state index contributed by atoms with van der Waals surface area (Å²) in [7, 11) is 1.82. The lowest BCUT2D eigenvalue weighted by atomic mass is 10.2. The number of nitriles is 1. The van der Waals surface area contributed by atoms with Gasteiger partial charge in [0.2, 0.25) is 0 Å². The molecule has 0 atom stereocenters. The molecule has 0 saturated heterocycles. The number of imidazole rings is 1. The summed E-state index contributed by atoms with van der Waals surface area (Å²) in [6, 6.07) is 8.28. The molecule has 0 aliphatic heterocycles. The van der Waals surface area contributed by atoms with Crippen LogP contribution in [0.5, 0.6) is 0 Å². The van der Waals surface area contributed by atoms with Crippen LogP contribution in [-0.4, -0.2) is 9.55 Å². The van der Waals surface area contributed by atoms with Gasteiger partial charge in [-0.3, -0.25) is 0 Å². The molecule has 5 heteroatoms. The Balaban J connectivity index is 2.53. The molecular formula is C12H9BrFN3. The van der Waals surface area contributed by atoms with E-state index in [1.165, 1.54) is 12.1 Å². The van der Waals surface area contributed by atoms with Crippen LogP contribution in [0, 0.1) is 17.1 Å². The second-order valence-electron chi connectivity index (χ2n) is 3.58. The Labute approximate surface area is 107 Å². The van der Waals surface area contributed by atoms with E-state index in [1.54, 1.807) is 16.7 Å². The molecule has 3 nitrogen and oxygen atoms in total. The van der Waals surface area contributed by atoms with Gasteiger partial charge in [-0.25, -0.2) is 9.37 Å². The van der Waals surface area contributed by atoms with Gasteiger partial charge in [0.15, 0.2) is 0 Å². The van der Waals surface area contributed by atoms with Crippen LogP contribution in [-0.2, 0) is 13.5 Å². The highest BCUT2D eigenvalue weighted by Crippen LogP contribution is 2.25. The highest BCUT2D eigenvalue weighted by atomic mass is 79.9. The average molecular weight is 294 g/mol. The third kappa shape index (κ3) is 2.22. The lowest BCUT2D eigenvalue weighted by Crippen LogP contribution is -1.93. The Morgan fingerprint density at radius 2 is 2.29 bits per heavy atom. The van der Waals surface area contributed by atoms with Crippen molar-refractivity contribution in [2.45, 2.75) is 6.42 Å². The van der Waals surface area contributed by atoms with Gasteiger partial charge in [-0.05, 0) is 28.1 Å². The molecule has 1 aromatic heterocycles. The standard InChI is InChI=1S/C12H9BrFN3/c1-17-11(13)10(5-6-15)16-12(17)8-3-2-4-9(14)7-8/h2-4,7H,5H2,1H3. The quantitative estimate of drug-likeness (QED) is 0.854. The van der Waals surface area contributed by atoms with Gasteiger partial charge in [0.05, 0.1) is 18.2 Å². The van der Waals surface area contributed by atoms with Gasteiger partial charge in [-0.2, -0.15) is 5.26 Å². The lowest BCUT2D eigenvalue weighted by Gasteiger charge is -2.02. The smallest absolute Gasteiger partial charge is 0.141 e. The molecule has 0 N–H and O–H groups in total. The molecule has 86 valence electrons. The molecule has 0 radical (unpaired) electrons. The molecule has 2 aromatic rings. The fourth-order valence-corrected chi connectivity index (χ4v) is 2.01. The van der Waals surface area contributed by atoms with Gasteiger partial charge >= 0.3 is 0 Å². The summed E-state index contributed by atoms with van der Waals surface area (Å²) < 4.78 is 15.7. The van der Waals surface area contributed by atoms with E-state index in [1.807, 2.05) is 13.1 Å². The summed E-state index contributed by atoms with van der Waals surface area (Å²) in [5.41, 5.74) is 1.35. The van der Waals surface area contributed by atoms with Crippen LogP contribution in [0.2, 0.25) is 0 Å². The molecule has 0 bridgehead atoms. The van der Waals surface area contributed by atoms with Crippen molar-refractivity contribution in [1.82, 2.24) is 9.55 Å². The topological polar surface area (TPSA) is 41.6 Å². The zero-order valence-electron chi connectivity index (χ0n) is 9.11. The summed E-state index contributed by atoms with van der Waals surface area (Å²) in [6.45, 7) is 0. The molecule has 1 aromatic carbocycles. The van der Waals surface area contributed by atoms with E-state index in [2.05, 4.69) is 20.9 Å². The number of aromatic nitrogens is 2. The van der Waals surface area contributed by atoms with Gasteiger partial charge in [0.25, 0.3) is 0 Å². The Morgan fingerprint density at radius 1 is 1.53 bits per heavy atom. The molecule has 2 rings (SSSR count). The van der Waals surface area contributed by atoms with E-state index in [4.69, 9.17) is 5.26 Å². The number of nitrogens with zero attached hydrogens (tertiary/aromatic N) is 3. The first-order valence-corrected chi connectivity index (χ1v) is 5.76. The normalized spacial score (nSPS) is 10.2. The minimum absolute atomic E-state index is 0.226. The van der Waals surface area contributed by atoms with Gasteiger partial charge in [-0.1, -0.05) is 12.1 Å². The average Bonchev–Trinajstić information content (AvgIpc) is 2.58. The first-order valence-electron chi connectivity index (χ1n) is 4.97. The van der Waals surface area contributed by atoms with E-state index in [0.717, 1.165) is 4.60 Å². The molecule has 1 heterocycles. The summed E-state index contributed by atoms with van der Waals surface area (Å²) in [4.78, 5) is 4.34. The Hall–Kier alpha value is -1.67. The van der Waals surface area contributed by atoms with Gasteiger partial charge in [0.1, 0.15) is 16.2 Å². The Morgan fingerprint density at radius 3 is 2.94 bits per heavy atom. The molecule has 0 amide bonds. The third-order valence-electron chi connectivity index (χ3n) is 2.42. The fraction of sp³-hybridized carbons (Fsp3) is 0.167. The van der Waals surface area contributed by atoms with E-state index in [9.17, 15) is 4.39 Å². The molecular weight excluding hydrogens is 285 g/mol. The predicted octanol–water partition coefficient (Wildman–Crippen LogP) is 3.05. The minimum atomic E-state index is -0.302. The van der Waals surface area contributed by atoms with E-state index in [-0.39, 0.29) is 12.2 Å². The predicted molar refractivity (Wildman–Crippen MR) is 65.6 cm³/mol. The minimum Gasteiger partial charge on any atom is -0.322 e. The molecule has 0 spiro atoms. The maximum absolute atomic E-state index is 13.1. The van der Waals surface area contributed by atoms with Crippen LogP contribution >= 0.6 is 15.9 Å². The van der Waals surface area contributed by atoms with E-state index >= 15 is 0 Å². The summed E-state index contributed by atoms with van der Waals surface area (Å²) in [5.74, 6) is 0.338. The fourth-order valence-electron chi connectivity index (χ4n) is 1.61. The monoisotopic (exact) mass is 293 g/mol. The Kier molecular flexibility index (Phi) is 3.25. The van der Waals surface area contributed by atoms with Crippen molar-refractivity contribution in [3.05, 3.63) is 40.4 Å². The maximum Gasteiger partial charge on any atom is 0.141 e. The van der Waals surface area contributed by atoms with Crippen molar-refractivity contribution in [2.75, 3.05) is 0 Å². The summed E-state index contributed by atoms with van der Waals surface area (Å²) in [6.07, 6.45) is 0.226. The number of hydrogen-bond acceptors (Lipinski definition) is 2. The molecule has 0 aliphatic carbocycles. The van der Waals surface area contributed by atoms with Crippen molar-refractivity contribution < 1.29 is 4.39 Å². The van der Waals surface area contributed by atoms with E-state index in [0.29, 0.717) is 17.1 Å². The second-order valence-corrected chi connectivity index (χ2v) is 4.33. The zero-order chi connectivity index (χ0) is 12.4. The van der Waals surface area contributed by atoms with Gasteiger partial charge < -0.3 is 4.57 Å². The summed E-state index contributed by atoms with van der Waals surface area (Å²) in [5, 5.41) is 8.68. The van der Waals surface area contributed by atoms with Crippen LogP contribution < -0.4 is 0 Å². The molecule has 0 saturated carbocycles. The van der Waals surface area contributed by atoms with Crippen molar-refractivity contribution in [2.24, 2.45) is 7.05 Å². The number of hydrogen-bond donors (Lipinski definition) is 0. The summed E-state index contributed by atoms with van der Waals surface area (Å²) >= 11 is 3.37. The number of rotatable bonds is 2. The molecule has 0 fully saturated rings. The van der Waals surface area contributed by atoms with Crippen molar-refractivity contribution in [3.63, 3.8) is 0 Å². The van der Waals surface area contributed by atoms with Crippen molar-refractivity contribution >= 4 is 15.9 Å². The number of halogens is 2. The first kappa shape index (κ1) is 11.8. The molecule has 0 aliphatic rings. The second kappa shape index (κ2) is 4.68. The molecule has 17 heavy (non-hydrogen) atoms.